The molecule has 0 heterocycles. The van der Waals surface area contributed by atoms with Crippen LogP contribution in [0.3, 0.4) is 0 Å². The van der Waals surface area contributed by atoms with Crippen LogP contribution in [0.4, 0.5) is 0 Å². The first-order valence-electron chi connectivity index (χ1n) is 6.05. The van der Waals surface area contributed by atoms with Crippen molar-refractivity contribution >= 4 is 15.9 Å². The SMILES string of the molecule is CC(C)C(C)(O)CN[C@H](C)c1ccccc1Br. The van der Waals surface area contributed by atoms with Crippen molar-refractivity contribution in [1.29, 1.82) is 0 Å². The lowest BCUT2D eigenvalue weighted by Crippen LogP contribution is -2.43. The lowest BCUT2D eigenvalue weighted by molar-refractivity contribution is 0.0122. The molecular formula is C14H22BrNO. The van der Waals surface area contributed by atoms with Gasteiger partial charge in [-0.25, -0.2) is 0 Å². The van der Waals surface area contributed by atoms with Crippen LogP contribution in [0.1, 0.15) is 39.3 Å². The number of benzene rings is 1. The Hall–Kier alpha value is -0.380. The lowest BCUT2D eigenvalue weighted by atomic mass is 9.92. The Balaban J connectivity index is 2.62. The van der Waals surface area contributed by atoms with Gasteiger partial charge in [0.05, 0.1) is 5.60 Å². The van der Waals surface area contributed by atoms with Gasteiger partial charge in [0.15, 0.2) is 0 Å². The highest BCUT2D eigenvalue weighted by atomic mass is 79.9. The Labute approximate surface area is 113 Å². The standard InChI is InChI=1S/C14H22BrNO/c1-10(2)14(4,17)9-16-11(3)12-7-5-6-8-13(12)15/h5-8,10-11,16-17H,9H2,1-4H3/t11-,14?/m1/s1. The molecule has 1 rings (SSSR count). The van der Waals surface area contributed by atoms with Gasteiger partial charge in [0, 0.05) is 17.1 Å². The second-order valence-electron chi connectivity index (χ2n) is 5.14. The Morgan fingerprint density at radius 3 is 2.41 bits per heavy atom. The highest BCUT2D eigenvalue weighted by Gasteiger charge is 2.25. The molecule has 0 radical (unpaired) electrons. The Morgan fingerprint density at radius 1 is 1.29 bits per heavy atom. The van der Waals surface area contributed by atoms with Gasteiger partial charge in [-0.2, -0.15) is 0 Å². The minimum Gasteiger partial charge on any atom is -0.389 e. The van der Waals surface area contributed by atoms with E-state index in [1.165, 1.54) is 5.56 Å². The quantitative estimate of drug-likeness (QED) is 0.872. The molecule has 0 aliphatic rings. The van der Waals surface area contributed by atoms with E-state index < -0.39 is 5.60 Å². The van der Waals surface area contributed by atoms with Gasteiger partial charge >= 0.3 is 0 Å². The smallest absolute Gasteiger partial charge is 0.0766 e. The molecule has 0 spiro atoms. The third kappa shape index (κ3) is 4.09. The average molecular weight is 300 g/mol. The molecule has 3 heteroatoms. The topological polar surface area (TPSA) is 32.3 Å². The molecule has 17 heavy (non-hydrogen) atoms. The number of halogens is 1. The first-order valence-corrected chi connectivity index (χ1v) is 6.84. The van der Waals surface area contributed by atoms with E-state index in [1.807, 2.05) is 39.0 Å². The van der Waals surface area contributed by atoms with Crippen LogP contribution in [0.5, 0.6) is 0 Å². The van der Waals surface area contributed by atoms with E-state index in [0.717, 1.165) is 4.47 Å². The third-order valence-corrected chi connectivity index (χ3v) is 4.10. The van der Waals surface area contributed by atoms with Gasteiger partial charge in [0.1, 0.15) is 0 Å². The number of nitrogens with one attached hydrogen (secondary N) is 1. The summed E-state index contributed by atoms with van der Waals surface area (Å²) in [6, 6.07) is 8.37. The molecule has 96 valence electrons. The molecule has 0 aromatic heterocycles. The summed E-state index contributed by atoms with van der Waals surface area (Å²) in [5, 5.41) is 13.6. The van der Waals surface area contributed by atoms with Gasteiger partial charge in [-0.1, -0.05) is 48.0 Å². The van der Waals surface area contributed by atoms with E-state index in [-0.39, 0.29) is 12.0 Å². The molecule has 0 amide bonds. The van der Waals surface area contributed by atoms with Crippen LogP contribution in [-0.2, 0) is 0 Å². The van der Waals surface area contributed by atoms with Crippen LogP contribution in [0.2, 0.25) is 0 Å². The van der Waals surface area contributed by atoms with Crippen molar-refractivity contribution in [2.75, 3.05) is 6.54 Å². The first kappa shape index (κ1) is 14.7. The van der Waals surface area contributed by atoms with Crippen LogP contribution in [0.15, 0.2) is 28.7 Å². The van der Waals surface area contributed by atoms with E-state index in [9.17, 15) is 5.11 Å². The van der Waals surface area contributed by atoms with Gasteiger partial charge in [-0.15, -0.1) is 0 Å². The maximum Gasteiger partial charge on any atom is 0.0766 e. The largest absolute Gasteiger partial charge is 0.389 e. The summed E-state index contributed by atoms with van der Waals surface area (Å²) in [7, 11) is 0. The van der Waals surface area contributed by atoms with Gasteiger partial charge in [-0.05, 0) is 31.4 Å². The number of hydrogen-bond acceptors (Lipinski definition) is 2. The Morgan fingerprint density at radius 2 is 1.88 bits per heavy atom. The van der Waals surface area contributed by atoms with E-state index in [4.69, 9.17) is 0 Å². The highest BCUT2D eigenvalue weighted by Crippen LogP contribution is 2.23. The van der Waals surface area contributed by atoms with Gasteiger partial charge in [0.25, 0.3) is 0 Å². The van der Waals surface area contributed by atoms with Crippen molar-refractivity contribution in [1.82, 2.24) is 5.32 Å². The van der Waals surface area contributed by atoms with E-state index in [1.54, 1.807) is 0 Å². The average Bonchev–Trinajstić information content (AvgIpc) is 2.26. The summed E-state index contributed by atoms with van der Waals surface area (Å²) >= 11 is 3.54. The third-order valence-electron chi connectivity index (χ3n) is 3.38. The van der Waals surface area contributed by atoms with Crippen molar-refractivity contribution < 1.29 is 5.11 Å². The summed E-state index contributed by atoms with van der Waals surface area (Å²) in [5.41, 5.74) is 0.544. The van der Waals surface area contributed by atoms with Crippen molar-refractivity contribution in [3.63, 3.8) is 0 Å². The lowest BCUT2D eigenvalue weighted by Gasteiger charge is -2.30. The maximum atomic E-state index is 10.2. The fraction of sp³-hybridized carbons (Fsp3) is 0.571. The second kappa shape index (κ2) is 5.98. The van der Waals surface area contributed by atoms with E-state index >= 15 is 0 Å². The normalized spacial score (nSPS) is 16.9. The molecule has 0 saturated carbocycles. The monoisotopic (exact) mass is 299 g/mol. The minimum atomic E-state index is -0.671. The van der Waals surface area contributed by atoms with Crippen molar-refractivity contribution in [3.8, 4) is 0 Å². The molecular weight excluding hydrogens is 278 g/mol. The number of aliphatic hydroxyl groups is 1. The Kier molecular flexibility index (Phi) is 5.17. The summed E-state index contributed by atoms with van der Waals surface area (Å²) in [6.45, 7) is 8.64. The van der Waals surface area contributed by atoms with Crippen LogP contribution in [0, 0.1) is 5.92 Å². The predicted molar refractivity (Wildman–Crippen MR) is 76.0 cm³/mol. The van der Waals surface area contributed by atoms with Crippen LogP contribution in [-0.4, -0.2) is 17.3 Å². The molecule has 2 atom stereocenters. The van der Waals surface area contributed by atoms with Crippen molar-refractivity contribution in [3.05, 3.63) is 34.3 Å². The number of rotatable bonds is 5. The maximum absolute atomic E-state index is 10.2. The molecule has 2 nitrogen and oxygen atoms in total. The van der Waals surface area contributed by atoms with Gasteiger partial charge < -0.3 is 10.4 Å². The van der Waals surface area contributed by atoms with Gasteiger partial charge in [-0.3, -0.25) is 0 Å². The zero-order valence-corrected chi connectivity index (χ0v) is 12.6. The number of hydrogen-bond donors (Lipinski definition) is 2. The molecule has 2 N–H and O–H groups in total. The molecule has 0 aliphatic carbocycles. The van der Waals surface area contributed by atoms with Crippen LogP contribution >= 0.6 is 15.9 Å². The summed E-state index contributed by atoms with van der Waals surface area (Å²) in [4.78, 5) is 0. The van der Waals surface area contributed by atoms with E-state index in [2.05, 4.69) is 34.2 Å². The Bertz CT molecular complexity index is 363. The van der Waals surface area contributed by atoms with Gasteiger partial charge in [0.2, 0.25) is 0 Å². The first-order chi connectivity index (χ1) is 7.84. The van der Waals surface area contributed by atoms with Crippen LogP contribution in [0.25, 0.3) is 0 Å². The zero-order chi connectivity index (χ0) is 13.1. The molecule has 0 bridgehead atoms. The zero-order valence-electron chi connectivity index (χ0n) is 11.0. The molecule has 1 unspecified atom stereocenters. The van der Waals surface area contributed by atoms with E-state index in [0.29, 0.717) is 6.54 Å². The minimum absolute atomic E-state index is 0.218. The van der Waals surface area contributed by atoms with Crippen molar-refractivity contribution in [2.24, 2.45) is 5.92 Å². The van der Waals surface area contributed by atoms with Crippen LogP contribution < -0.4 is 5.32 Å². The van der Waals surface area contributed by atoms with Crippen molar-refractivity contribution in [2.45, 2.75) is 39.3 Å². The summed E-state index contributed by atoms with van der Waals surface area (Å²) in [6.07, 6.45) is 0. The second-order valence-corrected chi connectivity index (χ2v) is 5.99. The molecule has 1 aromatic carbocycles. The summed E-state index contributed by atoms with van der Waals surface area (Å²) < 4.78 is 1.10. The molecule has 0 fully saturated rings. The molecule has 0 aliphatic heterocycles. The fourth-order valence-corrected chi connectivity index (χ4v) is 2.13. The summed E-state index contributed by atoms with van der Waals surface area (Å²) in [5.74, 6) is 0.237. The predicted octanol–water partition coefficient (Wildman–Crippen LogP) is 3.51. The fourth-order valence-electron chi connectivity index (χ4n) is 1.50. The molecule has 0 saturated heterocycles. The molecule has 1 aromatic rings. The highest BCUT2D eigenvalue weighted by molar-refractivity contribution is 9.10.